The normalized spacial score (nSPS) is 11.0. The zero-order valence-corrected chi connectivity index (χ0v) is 17.6. The van der Waals surface area contributed by atoms with Crippen LogP contribution in [0.2, 0.25) is 0 Å². The number of hydrogen-bond donors (Lipinski definition) is 3. The van der Waals surface area contributed by atoms with Gasteiger partial charge >= 0.3 is 0 Å². The summed E-state index contributed by atoms with van der Waals surface area (Å²) in [4.78, 5) is 24.5. The average Bonchev–Trinajstić information content (AvgIpc) is 2.74. The van der Waals surface area contributed by atoms with Gasteiger partial charge in [0, 0.05) is 17.8 Å². The zero-order chi connectivity index (χ0) is 22.3. The van der Waals surface area contributed by atoms with Gasteiger partial charge in [-0.25, -0.2) is 13.6 Å². The zero-order valence-electron chi connectivity index (χ0n) is 16.7. The first-order chi connectivity index (χ1) is 14.8. The Morgan fingerprint density at radius 3 is 2.06 bits per heavy atom. The summed E-state index contributed by atoms with van der Waals surface area (Å²) in [5, 5.41) is 10.7. The molecule has 0 radical (unpaired) electrons. The molecule has 0 heterocycles. The van der Waals surface area contributed by atoms with E-state index in [-0.39, 0.29) is 23.1 Å². The Morgan fingerprint density at radius 1 is 0.806 bits per heavy atom. The lowest BCUT2D eigenvalue weighted by molar-refractivity contribution is -0.115. The number of sulfonamides is 1. The molecule has 3 rings (SSSR count). The standard InChI is InChI=1S/C23H23N3O4S/c24-31(29,30)21-12-6-17(7-13-21)14-15-25-23(28)19-8-10-20(11-9-19)26-22(27)16-18-4-2-1-3-5-18/h1-13H,14-16H2,(H,25,28)(H,26,27)(H2,24,29,30). The van der Waals surface area contributed by atoms with Gasteiger partial charge in [-0.15, -0.1) is 0 Å². The van der Waals surface area contributed by atoms with Crippen LogP contribution in [0.15, 0.2) is 83.8 Å². The predicted molar refractivity (Wildman–Crippen MR) is 119 cm³/mol. The minimum Gasteiger partial charge on any atom is -0.352 e. The highest BCUT2D eigenvalue weighted by Gasteiger charge is 2.09. The molecule has 4 N–H and O–H groups in total. The molecule has 0 aliphatic rings. The fourth-order valence-corrected chi connectivity index (χ4v) is 3.48. The molecule has 0 bridgehead atoms. The Hall–Kier alpha value is -3.49. The topological polar surface area (TPSA) is 118 Å². The third-order valence-corrected chi connectivity index (χ3v) is 5.52. The fourth-order valence-electron chi connectivity index (χ4n) is 2.96. The van der Waals surface area contributed by atoms with E-state index >= 15 is 0 Å². The highest BCUT2D eigenvalue weighted by molar-refractivity contribution is 7.89. The molecule has 0 aliphatic heterocycles. The molecule has 0 aromatic heterocycles. The lowest BCUT2D eigenvalue weighted by atomic mass is 10.1. The van der Waals surface area contributed by atoms with Crippen LogP contribution in [-0.4, -0.2) is 26.8 Å². The molecule has 3 aromatic rings. The Kier molecular flexibility index (Phi) is 7.17. The van der Waals surface area contributed by atoms with Crippen LogP contribution < -0.4 is 15.8 Å². The molecular weight excluding hydrogens is 414 g/mol. The number of benzene rings is 3. The molecule has 0 saturated heterocycles. The SMILES string of the molecule is NS(=O)(=O)c1ccc(CCNC(=O)c2ccc(NC(=O)Cc3ccccc3)cc2)cc1. The van der Waals surface area contributed by atoms with Crippen LogP contribution in [0, 0.1) is 0 Å². The Morgan fingerprint density at radius 2 is 1.45 bits per heavy atom. The largest absolute Gasteiger partial charge is 0.352 e. The summed E-state index contributed by atoms with van der Waals surface area (Å²) < 4.78 is 22.5. The van der Waals surface area contributed by atoms with Crippen LogP contribution in [0.3, 0.4) is 0 Å². The maximum absolute atomic E-state index is 12.3. The minimum atomic E-state index is -3.71. The van der Waals surface area contributed by atoms with Gasteiger partial charge in [0.05, 0.1) is 11.3 Å². The van der Waals surface area contributed by atoms with Crippen LogP contribution in [-0.2, 0) is 27.7 Å². The summed E-state index contributed by atoms with van der Waals surface area (Å²) in [5.74, 6) is -0.361. The summed E-state index contributed by atoms with van der Waals surface area (Å²) >= 11 is 0. The number of anilines is 1. The number of carbonyl (C=O) groups excluding carboxylic acids is 2. The molecular formula is C23H23N3O4S. The second kappa shape index (κ2) is 10.0. The van der Waals surface area contributed by atoms with E-state index in [0.717, 1.165) is 11.1 Å². The monoisotopic (exact) mass is 437 g/mol. The van der Waals surface area contributed by atoms with Crippen molar-refractivity contribution in [2.45, 2.75) is 17.7 Å². The van der Waals surface area contributed by atoms with E-state index in [1.165, 1.54) is 12.1 Å². The number of nitrogens with two attached hydrogens (primary N) is 1. The number of hydrogen-bond acceptors (Lipinski definition) is 4. The van der Waals surface area contributed by atoms with Crippen LogP contribution in [0.5, 0.6) is 0 Å². The fraction of sp³-hybridized carbons (Fsp3) is 0.130. The average molecular weight is 438 g/mol. The van der Waals surface area contributed by atoms with Crippen LogP contribution >= 0.6 is 0 Å². The molecule has 160 valence electrons. The van der Waals surface area contributed by atoms with E-state index in [2.05, 4.69) is 10.6 Å². The van der Waals surface area contributed by atoms with E-state index in [9.17, 15) is 18.0 Å². The minimum absolute atomic E-state index is 0.0521. The van der Waals surface area contributed by atoms with Gasteiger partial charge in [-0.1, -0.05) is 42.5 Å². The molecule has 0 atom stereocenters. The van der Waals surface area contributed by atoms with E-state index < -0.39 is 10.0 Å². The van der Waals surface area contributed by atoms with Crippen molar-refractivity contribution in [3.63, 3.8) is 0 Å². The first-order valence-electron chi connectivity index (χ1n) is 9.65. The van der Waals surface area contributed by atoms with E-state index in [1.807, 2.05) is 30.3 Å². The molecule has 7 nitrogen and oxygen atoms in total. The van der Waals surface area contributed by atoms with Crippen LogP contribution in [0.4, 0.5) is 5.69 Å². The molecule has 3 aromatic carbocycles. The third-order valence-electron chi connectivity index (χ3n) is 4.59. The van der Waals surface area contributed by atoms with Crippen molar-refractivity contribution in [2.24, 2.45) is 5.14 Å². The molecule has 31 heavy (non-hydrogen) atoms. The van der Waals surface area contributed by atoms with Crippen molar-refractivity contribution in [3.8, 4) is 0 Å². The maximum Gasteiger partial charge on any atom is 0.251 e. The molecule has 8 heteroatoms. The number of primary sulfonamides is 1. The van der Waals surface area contributed by atoms with Gasteiger partial charge in [0.1, 0.15) is 0 Å². The van der Waals surface area contributed by atoms with Gasteiger partial charge in [0.25, 0.3) is 5.91 Å². The lowest BCUT2D eigenvalue weighted by Gasteiger charge is -2.08. The van der Waals surface area contributed by atoms with Crippen molar-refractivity contribution in [1.82, 2.24) is 5.32 Å². The molecule has 0 aliphatic carbocycles. The van der Waals surface area contributed by atoms with Crippen molar-refractivity contribution in [1.29, 1.82) is 0 Å². The second-order valence-corrected chi connectivity index (χ2v) is 8.54. The van der Waals surface area contributed by atoms with Gasteiger partial charge < -0.3 is 10.6 Å². The van der Waals surface area contributed by atoms with Gasteiger partial charge in [-0.05, 0) is 53.9 Å². The van der Waals surface area contributed by atoms with Crippen LogP contribution in [0.1, 0.15) is 21.5 Å². The number of amides is 2. The molecule has 0 spiro atoms. The van der Waals surface area contributed by atoms with Gasteiger partial charge in [0.15, 0.2) is 0 Å². The predicted octanol–water partition coefficient (Wildman–Crippen LogP) is 2.49. The lowest BCUT2D eigenvalue weighted by Crippen LogP contribution is -2.25. The van der Waals surface area contributed by atoms with Crippen LogP contribution in [0.25, 0.3) is 0 Å². The molecule has 0 unspecified atom stereocenters. The number of nitrogens with one attached hydrogen (secondary N) is 2. The van der Waals surface area contributed by atoms with E-state index in [4.69, 9.17) is 5.14 Å². The quantitative estimate of drug-likeness (QED) is 0.502. The molecule has 0 fully saturated rings. The van der Waals surface area contributed by atoms with Crippen molar-refractivity contribution < 1.29 is 18.0 Å². The molecule has 2 amide bonds. The van der Waals surface area contributed by atoms with Gasteiger partial charge in [-0.3, -0.25) is 9.59 Å². The van der Waals surface area contributed by atoms with Crippen molar-refractivity contribution in [2.75, 3.05) is 11.9 Å². The number of rotatable bonds is 8. The smallest absolute Gasteiger partial charge is 0.251 e. The van der Waals surface area contributed by atoms with Crippen molar-refractivity contribution in [3.05, 3.63) is 95.6 Å². The Labute approximate surface area is 181 Å². The van der Waals surface area contributed by atoms with E-state index in [0.29, 0.717) is 24.2 Å². The summed E-state index contributed by atoms with van der Waals surface area (Å²) in [6, 6.07) is 22.3. The first-order valence-corrected chi connectivity index (χ1v) is 11.2. The number of carbonyl (C=O) groups is 2. The summed E-state index contributed by atoms with van der Waals surface area (Å²) in [5.41, 5.74) is 2.90. The first kappa shape index (κ1) is 22.2. The third kappa shape index (κ3) is 6.77. The summed E-state index contributed by atoms with van der Waals surface area (Å²) in [7, 11) is -3.71. The summed E-state index contributed by atoms with van der Waals surface area (Å²) in [6.07, 6.45) is 0.825. The Balaban J connectivity index is 1.47. The molecule has 0 saturated carbocycles. The van der Waals surface area contributed by atoms with Crippen molar-refractivity contribution >= 4 is 27.5 Å². The van der Waals surface area contributed by atoms with Gasteiger partial charge in [-0.2, -0.15) is 0 Å². The Bertz CT molecular complexity index is 1140. The summed E-state index contributed by atoms with van der Waals surface area (Å²) in [6.45, 7) is 0.392. The maximum atomic E-state index is 12.3. The highest BCUT2D eigenvalue weighted by atomic mass is 32.2. The second-order valence-electron chi connectivity index (χ2n) is 6.98. The van der Waals surface area contributed by atoms with Gasteiger partial charge in [0.2, 0.25) is 15.9 Å². The highest BCUT2D eigenvalue weighted by Crippen LogP contribution is 2.12. The van der Waals surface area contributed by atoms with E-state index in [1.54, 1.807) is 36.4 Å².